The van der Waals surface area contributed by atoms with Gasteiger partial charge in [-0.05, 0) is 11.8 Å². The zero-order valence-corrected chi connectivity index (χ0v) is 26.4. The summed E-state index contributed by atoms with van der Waals surface area (Å²) < 4.78 is 0. The van der Waals surface area contributed by atoms with Crippen LogP contribution < -0.4 is 0 Å². The Morgan fingerprint density at radius 1 is 0.250 bits per heavy atom. The highest BCUT2D eigenvalue weighted by Gasteiger charge is 2.04. The Morgan fingerprint density at radius 2 is 0.417 bits per heavy atom. The van der Waals surface area contributed by atoms with Crippen molar-refractivity contribution in [2.75, 3.05) is 0 Å². The number of rotatable bonds is 31. The lowest BCUT2D eigenvalue weighted by Crippen LogP contribution is -1.96. The summed E-state index contributed by atoms with van der Waals surface area (Å²) in [5.74, 6) is 1.93. The molecule has 0 rings (SSSR count). The summed E-state index contributed by atoms with van der Waals surface area (Å²) >= 11 is 0. The number of hydrogen-bond donors (Lipinski definition) is 0. The minimum absolute atomic E-state index is 0.964. The highest BCUT2D eigenvalue weighted by Crippen LogP contribution is 2.21. The third kappa shape index (κ3) is 30.2. The lowest BCUT2D eigenvalue weighted by molar-refractivity contribution is 0.422. The minimum atomic E-state index is 0.964. The molecule has 36 heavy (non-hydrogen) atoms. The molecule has 0 spiro atoms. The molecule has 0 saturated carbocycles. The molecule has 2 atom stereocenters. The third-order valence-corrected chi connectivity index (χ3v) is 8.74. The molecule has 0 aliphatic heterocycles. The average Bonchev–Trinajstić information content (AvgIpc) is 2.87. The quantitative estimate of drug-likeness (QED) is 0.0820. The molecular formula is C36H74. The van der Waals surface area contributed by atoms with Gasteiger partial charge in [-0.3, -0.25) is 0 Å². The zero-order valence-electron chi connectivity index (χ0n) is 26.4. The van der Waals surface area contributed by atoms with Gasteiger partial charge in [0.2, 0.25) is 0 Å². The maximum absolute atomic E-state index is 2.51. The van der Waals surface area contributed by atoms with Gasteiger partial charge in [-0.25, -0.2) is 0 Å². The first-order valence-corrected chi connectivity index (χ1v) is 17.7. The van der Waals surface area contributed by atoms with E-state index < -0.39 is 0 Å². The van der Waals surface area contributed by atoms with E-state index >= 15 is 0 Å². The fourth-order valence-electron chi connectivity index (χ4n) is 5.94. The van der Waals surface area contributed by atoms with Crippen LogP contribution in [0, 0.1) is 11.8 Å². The molecule has 0 aromatic carbocycles. The number of unbranched alkanes of at least 4 members (excludes halogenated alkanes) is 23. The standard InChI is InChI=1S/C36H74/c1-5-7-9-11-13-14-15-16-17-18-20-24-28-32-36(4)34-30-26-22-19-21-25-29-33-35(3)31-27-23-12-10-8-6-2/h35-36H,5-34H2,1-4H3. The van der Waals surface area contributed by atoms with Gasteiger partial charge in [0.15, 0.2) is 0 Å². The van der Waals surface area contributed by atoms with Crippen molar-refractivity contribution in [1.29, 1.82) is 0 Å². The summed E-state index contributed by atoms with van der Waals surface area (Å²) in [6, 6.07) is 0. The maximum Gasteiger partial charge on any atom is -0.0443 e. The largest absolute Gasteiger partial charge is 0.0654 e. The summed E-state index contributed by atoms with van der Waals surface area (Å²) in [6.07, 6.45) is 44.1. The predicted octanol–water partition coefficient (Wildman–Crippen LogP) is 14.0. The first kappa shape index (κ1) is 36.0. The lowest BCUT2D eigenvalue weighted by Gasteiger charge is -2.12. The van der Waals surface area contributed by atoms with Gasteiger partial charge in [0.25, 0.3) is 0 Å². The van der Waals surface area contributed by atoms with E-state index in [1.807, 2.05) is 0 Å². The average molecular weight is 507 g/mol. The van der Waals surface area contributed by atoms with Crippen LogP contribution in [0.2, 0.25) is 0 Å². The van der Waals surface area contributed by atoms with Crippen LogP contribution in [-0.4, -0.2) is 0 Å². The minimum Gasteiger partial charge on any atom is -0.0654 e. The molecule has 2 unspecified atom stereocenters. The Morgan fingerprint density at radius 3 is 0.611 bits per heavy atom. The van der Waals surface area contributed by atoms with Gasteiger partial charge in [0.1, 0.15) is 0 Å². The van der Waals surface area contributed by atoms with Gasteiger partial charge < -0.3 is 0 Å². The first-order chi connectivity index (χ1) is 17.7. The fourth-order valence-corrected chi connectivity index (χ4v) is 5.94. The molecule has 218 valence electrons. The van der Waals surface area contributed by atoms with E-state index in [1.165, 1.54) is 193 Å². The fraction of sp³-hybridized carbons (Fsp3) is 1.00. The van der Waals surface area contributed by atoms with Crippen LogP contribution in [0.5, 0.6) is 0 Å². The van der Waals surface area contributed by atoms with Crippen LogP contribution in [0.4, 0.5) is 0 Å². The van der Waals surface area contributed by atoms with Crippen molar-refractivity contribution in [3.63, 3.8) is 0 Å². The Labute approximate surface area is 232 Å². The van der Waals surface area contributed by atoms with Crippen LogP contribution in [0.25, 0.3) is 0 Å². The van der Waals surface area contributed by atoms with Gasteiger partial charge in [0, 0.05) is 0 Å². The molecule has 0 nitrogen and oxygen atoms in total. The third-order valence-electron chi connectivity index (χ3n) is 8.74. The van der Waals surface area contributed by atoms with Gasteiger partial charge in [-0.1, -0.05) is 220 Å². The molecule has 0 saturated heterocycles. The maximum atomic E-state index is 2.51. The molecule has 0 aliphatic rings. The first-order valence-electron chi connectivity index (χ1n) is 17.7. The predicted molar refractivity (Wildman–Crippen MR) is 168 cm³/mol. The molecule has 0 amide bonds. The van der Waals surface area contributed by atoms with E-state index in [2.05, 4.69) is 27.7 Å². The highest BCUT2D eigenvalue weighted by atomic mass is 14.1. The molecule has 0 radical (unpaired) electrons. The molecule has 0 fully saturated rings. The second-order valence-corrected chi connectivity index (χ2v) is 12.9. The van der Waals surface area contributed by atoms with Crippen molar-refractivity contribution in [2.24, 2.45) is 11.8 Å². The summed E-state index contributed by atoms with van der Waals surface area (Å²) in [4.78, 5) is 0. The Bertz CT molecular complexity index is 372. The molecule has 0 heterocycles. The van der Waals surface area contributed by atoms with Crippen molar-refractivity contribution < 1.29 is 0 Å². The molecule has 0 N–H and O–H groups in total. The Balaban J connectivity index is 3.22. The van der Waals surface area contributed by atoms with Crippen molar-refractivity contribution in [2.45, 2.75) is 220 Å². The van der Waals surface area contributed by atoms with E-state index in [-0.39, 0.29) is 0 Å². The normalized spacial score (nSPS) is 13.3. The summed E-state index contributed by atoms with van der Waals surface area (Å²) in [6.45, 7) is 9.62. The van der Waals surface area contributed by atoms with Gasteiger partial charge >= 0.3 is 0 Å². The summed E-state index contributed by atoms with van der Waals surface area (Å²) in [7, 11) is 0. The van der Waals surface area contributed by atoms with Crippen molar-refractivity contribution in [3.05, 3.63) is 0 Å². The van der Waals surface area contributed by atoms with E-state index in [4.69, 9.17) is 0 Å². The Hall–Kier alpha value is 0. The monoisotopic (exact) mass is 507 g/mol. The molecular weight excluding hydrogens is 432 g/mol. The lowest BCUT2D eigenvalue weighted by atomic mass is 9.95. The van der Waals surface area contributed by atoms with Crippen molar-refractivity contribution in [3.8, 4) is 0 Å². The smallest absolute Gasteiger partial charge is 0.0443 e. The van der Waals surface area contributed by atoms with E-state index in [0.29, 0.717) is 0 Å². The molecule has 0 aromatic heterocycles. The SMILES string of the molecule is CCCCCCCCCCCCCCCC(C)CCCCCCCCCC(C)CCCCCCCC. The van der Waals surface area contributed by atoms with E-state index in [1.54, 1.807) is 0 Å². The van der Waals surface area contributed by atoms with Crippen molar-refractivity contribution in [1.82, 2.24) is 0 Å². The topological polar surface area (TPSA) is 0 Å². The second-order valence-electron chi connectivity index (χ2n) is 12.9. The molecule has 0 aromatic rings. The highest BCUT2D eigenvalue weighted by molar-refractivity contribution is 4.58. The molecule has 0 heteroatoms. The van der Waals surface area contributed by atoms with Crippen LogP contribution in [0.3, 0.4) is 0 Å². The van der Waals surface area contributed by atoms with Crippen LogP contribution in [0.1, 0.15) is 220 Å². The second kappa shape index (κ2) is 31.2. The van der Waals surface area contributed by atoms with Crippen LogP contribution >= 0.6 is 0 Å². The Kier molecular flexibility index (Phi) is 31.2. The van der Waals surface area contributed by atoms with Crippen LogP contribution in [0.15, 0.2) is 0 Å². The molecule has 0 aliphatic carbocycles. The van der Waals surface area contributed by atoms with Gasteiger partial charge in [-0.2, -0.15) is 0 Å². The van der Waals surface area contributed by atoms with Crippen molar-refractivity contribution >= 4 is 0 Å². The summed E-state index contributed by atoms with van der Waals surface area (Å²) in [5.41, 5.74) is 0. The summed E-state index contributed by atoms with van der Waals surface area (Å²) in [5, 5.41) is 0. The van der Waals surface area contributed by atoms with Gasteiger partial charge in [0.05, 0.1) is 0 Å². The van der Waals surface area contributed by atoms with Crippen LogP contribution in [-0.2, 0) is 0 Å². The number of hydrogen-bond acceptors (Lipinski definition) is 0. The van der Waals surface area contributed by atoms with Gasteiger partial charge in [-0.15, -0.1) is 0 Å². The molecule has 0 bridgehead atoms. The van der Waals surface area contributed by atoms with E-state index in [0.717, 1.165) is 11.8 Å². The van der Waals surface area contributed by atoms with E-state index in [9.17, 15) is 0 Å². The zero-order chi connectivity index (χ0) is 26.4.